The summed E-state index contributed by atoms with van der Waals surface area (Å²) in [5.41, 5.74) is 0. The zero-order chi connectivity index (χ0) is 66.5. The molecule has 0 aromatic carbocycles. The molecule has 0 radical (unpaired) electrons. The van der Waals surface area contributed by atoms with Crippen molar-refractivity contribution in [3.63, 3.8) is 0 Å². The van der Waals surface area contributed by atoms with Crippen molar-refractivity contribution in [3.8, 4) is 0 Å². The number of unbranched alkanes of at least 4 members (excludes halogenated alkanes) is 40. The van der Waals surface area contributed by atoms with Crippen molar-refractivity contribution in [2.75, 3.05) is 39.6 Å². The highest BCUT2D eigenvalue weighted by atomic mass is 31.2. The topological polar surface area (TPSA) is 237 Å². The molecular weight excluding hydrogens is 1190 g/mol. The molecule has 90 heavy (non-hydrogen) atoms. The Morgan fingerprint density at radius 2 is 0.511 bits per heavy atom. The lowest BCUT2D eigenvalue weighted by atomic mass is 10.0. The second-order valence-corrected chi connectivity index (χ2v) is 29.5. The van der Waals surface area contributed by atoms with Gasteiger partial charge >= 0.3 is 39.5 Å². The van der Waals surface area contributed by atoms with Crippen LogP contribution in [-0.4, -0.2) is 96.7 Å². The first-order valence-electron chi connectivity index (χ1n) is 37.0. The Labute approximate surface area is 549 Å². The summed E-state index contributed by atoms with van der Waals surface area (Å²) in [6, 6.07) is 0. The minimum absolute atomic E-state index is 0.103. The highest BCUT2D eigenvalue weighted by Gasteiger charge is 2.30. The molecule has 0 saturated heterocycles. The summed E-state index contributed by atoms with van der Waals surface area (Å²) in [7, 11) is -9.89. The SMILES string of the molecule is CCCCCCCCCCCCCCCCCCCC(=O)OC[C@H](COP(=O)(O)OC[C@@H](O)COP(=O)(O)OC[C@@H](COC(=O)CCCCCCC)OC(=O)CCCCCCCCCC(C)C)OC(=O)CCCCCCCCCCCCCCCCCC(C)C. The van der Waals surface area contributed by atoms with Gasteiger partial charge in [0, 0.05) is 25.7 Å². The van der Waals surface area contributed by atoms with Gasteiger partial charge < -0.3 is 33.8 Å². The summed E-state index contributed by atoms with van der Waals surface area (Å²) in [5.74, 6) is -0.637. The Hall–Kier alpha value is -1.94. The van der Waals surface area contributed by atoms with Crippen LogP contribution in [0.25, 0.3) is 0 Å². The van der Waals surface area contributed by atoms with Crippen molar-refractivity contribution in [1.29, 1.82) is 0 Å². The van der Waals surface area contributed by atoms with Crippen LogP contribution >= 0.6 is 15.6 Å². The lowest BCUT2D eigenvalue weighted by molar-refractivity contribution is -0.161. The average molecular weight is 1330 g/mol. The predicted molar refractivity (Wildman–Crippen MR) is 363 cm³/mol. The van der Waals surface area contributed by atoms with Gasteiger partial charge in [-0.1, -0.05) is 311 Å². The Kier molecular flexibility index (Phi) is 61.8. The molecule has 0 aliphatic carbocycles. The largest absolute Gasteiger partial charge is 0.472 e. The van der Waals surface area contributed by atoms with E-state index in [0.29, 0.717) is 31.6 Å². The van der Waals surface area contributed by atoms with E-state index in [1.165, 1.54) is 173 Å². The van der Waals surface area contributed by atoms with E-state index in [4.69, 9.17) is 37.0 Å². The second-order valence-electron chi connectivity index (χ2n) is 26.6. The number of carbonyl (C=O) groups is 4. The second kappa shape index (κ2) is 63.1. The fourth-order valence-electron chi connectivity index (χ4n) is 10.8. The van der Waals surface area contributed by atoms with E-state index in [-0.39, 0.29) is 25.7 Å². The van der Waals surface area contributed by atoms with Gasteiger partial charge in [-0.05, 0) is 37.5 Å². The van der Waals surface area contributed by atoms with Crippen molar-refractivity contribution in [2.45, 2.75) is 381 Å². The molecule has 0 rings (SSSR count). The molecule has 0 aliphatic rings. The van der Waals surface area contributed by atoms with Crippen LogP contribution in [0.2, 0.25) is 0 Å². The number of aliphatic hydroxyl groups is 1. The molecule has 17 nitrogen and oxygen atoms in total. The van der Waals surface area contributed by atoms with Crippen LogP contribution < -0.4 is 0 Å². The first-order chi connectivity index (χ1) is 43.4. The Bertz CT molecular complexity index is 1750. The van der Waals surface area contributed by atoms with Gasteiger partial charge in [-0.25, -0.2) is 9.13 Å². The molecule has 0 bridgehead atoms. The zero-order valence-corrected chi connectivity index (χ0v) is 60.2. The monoisotopic (exact) mass is 1320 g/mol. The number of hydrogen-bond acceptors (Lipinski definition) is 15. The summed E-state index contributed by atoms with van der Waals surface area (Å²) in [4.78, 5) is 72.3. The molecule has 2 unspecified atom stereocenters. The molecule has 5 atom stereocenters. The van der Waals surface area contributed by atoms with E-state index < -0.39 is 97.5 Å². The molecule has 19 heteroatoms. The quantitative estimate of drug-likeness (QED) is 0.0222. The molecule has 0 aliphatic heterocycles. The van der Waals surface area contributed by atoms with Gasteiger partial charge in [-0.2, -0.15) is 0 Å². The molecule has 534 valence electrons. The fraction of sp³-hybridized carbons (Fsp3) is 0.944. The van der Waals surface area contributed by atoms with Gasteiger partial charge in [-0.15, -0.1) is 0 Å². The van der Waals surface area contributed by atoms with Crippen LogP contribution in [0.3, 0.4) is 0 Å². The first kappa shape index (κ1) is 88.1. The van der Waals surface area contributed by atoms with Crippen LogP contribution in [0.15, 0.2) is 0 Å². The summed E-state index contributed by atoms with van der Waals surface area (Å²) in [6.07, 6.45) is 49.2. The number of aliphatic hydroxyl groups excluding tert-OH is 1. The third-order valence-corrected chi connectivity index (χ3v) is 18.4. The van der Waals surface area contributed by atoms with E-state index >= 15 is 0 Å². The lowest BCUT2D eigenvalue weighted by Gasteiger charge is -2.21. The number of carbonyl (C=O) groups excluding carboxylic acids is 4. The predicted octanol–water partition coefficient (Wildman–Crippen LogP) is 20.4. The number of phosphoric ester groups is 2. The highest BCUT2D eigenvalue weighted by molar-refractivity contribution is 7.47. The van der Waals surface area contributed by atoms with E-state index in [9.17, 15) is 43.2 Å². The Morgan fingerprint density at radius 1 is 0.300 bits per heavy atom. The van der Waals surface area contributed by atoms with Crippen molar-refractivity contribution < 1.29 is 80.2 Å². The zero-order valence-electron chi connectivity index (χ0n) is 58.4. The lowest BCUT2D eigenvalue weighted by Crippen LogP contribution is -2.30. The van der Waals surface area contributed by atoms with Gasteiger partial charge in [0.05, 0.1) is 26.4 Å². The third kappa shape index (κ3) is 64.8. The van der Waals surface area contributed by atoms with Gasteiger partial charge in [0.15, 0.2) is 12.2 Å². The van der Waals surface area contributed by atoms with Gasteiger partial charge in [0.25, 0.3) is 0 Å². The number of rotatable bonds is 70. The van der Waals surface area contributed by atoms with Crippen LogP contribution in [0.1, 0.15) is 363 Å². The molecule has 0 aromatic heterocycles. The van der Waals surface area contributed by atoms with Crippen LogP contribution in [0.5, 0.6) is 0 Å². The molecule has 0 spiro atoms. The van der Waals surface area contributed by atoms with E-state index in [1.807, 2.05) is 0 Å². The highest BCUT2D eigenvalue weighted by Crippen LogP contribution is 2.45. The van der Waals surface area contributed by atoms with Crippen LogP contribution in [0, 0.1) is 11.8 Å². The van der Waals surface area contributed by atoms with Crippen molar-refractivity contribution in [2.24, 2.45) is 11.8 Å². The molecule has 0 fully saturated rings. The number of esters is 4. The first-order valence-corrected chi connectivity index (χ1v) is 40.0. The van der Waals surface area contributed by atoms with Crippen molar-refractivity contribution in [1.82, 2.24) is 0 Å². The van der Waals surface area contributed by atoms with E-state index in [0.717, 1.165) is 102 Å². The van der Waals surface area contributed by atoms with E-state index in [1.54, 1.807) is 0 Å². The number of phosphoric acid groups is 2. The standard InChI is InChI=1S/C71H138O17P2/c1-7-9-11-13-14-15-16-17-18-19-22-25-28-31-36-42-48-54-69(74)82-60-67(88-70(75)55-49-43-37-32-29-26-23-20-21-24-27-30-34-40-45-51-63(3)4)62-86-90(79,80)84-58-65(72)57-83-89(77,78)85-61-66(59-81-68(73)53-47-39-12-10-8-2)87-71(76)56-50-44-38-33-35-41-46-52-64(5)6/h63-67,72H,7-62H2,1-6H3,(H,77,78)(H,79,80)/t65-,66+,67+/m0/s1. The molecule has 0 amide bonds. The summed E-state index contributed by atoms with van der Waals surface area (Å²) < 4.78 is 68.1. The van der Waals surface area contributed by atoms with E-state index in [2.05, 4.69) is 41.5 Å². The third-order valence-electron chi connectivity index (χ3n) is 16.5. The minimum atomic E-state index is -4.95. The van der Waals surface area contributed by atoms with Crippen molar-refractivity contribution >= 4 is 39.5 Å². The maximum atomic E-state index is 13.0. The molecular formula is C71H138O17P2. The smallest absolute Gasteiger partial charge is 0.462 e. The van der Waals surface area contributed by atoms with Crippen molar-refractivity contribution in [3.05, 3.63) is 0 Å². The molecule has 0 saturated carbocycles. The maximum absolute atomic E-state index is 13.0. The minimum Gasteiger partial charge on any atom is -0.462 e. The Morgan fingerprint density at radius 3 is 0.756 bits per heavy atom. The summed E-state index contributed by atoms with van der Waals surface area (Å²) >= 11 is 0. The van der Waals surface area contributed by atoms with Gasteiger partial charge in [0.2, 0.25) is 0 Å². The number of hydrogen-bond donors (Lipinski definition) is 3. The Balaban J connectivity index is 5.14. The fourth-order valence-corrected chi connectivity index (χ4v) is 12.3. The van der Waals surface area contributed by atoms with Crippen LogP contribution in [0.4, 0.5) is 0 Å². The molecule has 0 aromatic rings. The molecule has 0 heterocycles. The van der Waals surface area contributed by atoms with Gasteiger partial charge in [0.1, 0.15) is 19.3 Å². The normalized spacial score (nSPS) is 14.1. The molecule has 3 N–H and O–H groups in total. The number of ether oxygens (including phenoxy) is 4. The van der Waals surface area contributed by atoms with Gasteiger partial charge in [-0.3, -0.25) is 37.3 Å². The van der Waals surface area contributed by atoms with Crippen LogP contribution in [-0.2, 0) is 65.4 Å². The summed E-state index contributed by atoms with van der Waals surface area (Å²) in [6.45, 7) is 9.43. The summed E-state index contributed by atoms with van der Waals surface area (Å²) in [5, 5.41) is 10.6. The maximum Gasteiger partial charge on any atom is 0.472 e. The average Bonchev–Trinajstić information content (AvgIpc) is 2.95.